The molecule has 1 amide bonds. The Morgan fingerprint density at radius 3 is 2.58 bits per heavy atom. The minimum Gasteiger partial charge on any atom is -0.497 e. The molecule has 2 heterocycles. The molecule has 2 aromatic carbocycles. The number of anilines is 1. The van der Waals surface area contributed by atoms with E-state index < -0.39 is 22.9 Å². The summed E-state index contributed by atoms with van der Waals surface area (Å²) in [7, 11) is 1.47. The van der Waals surface area contributed by atoms with Gasteiger partial charge in [-0.15, -0.1) is 0 Å². The van der Waals surface area contributed by atoms with E-state index in [1.54, 1.807) is 12.1 Å². The standard InChI is InChI=1S/C24H17ClFN3O4/c1-33-16-3-5-21-17(11-16)24(32)18(23(31)14-6-8-27-9-7-14)12-29(21)13-22(30)28-15-2-4-20(26)19(25)10-15/h2-12H,13H2,1H3,(H,28,30). The summed E-state index contributed by atoms with van der Waals surface area (Å²) in [4.78, 5) is 42.8. The highest BCUT2D eigenvalue weighted by molar-refractivity contribution is 6.31. The van der Waals surface area contributed by atoms with Gasteiger partial charge in [-0.2, -0.15) is 0 Å². The van der Waals surface area contributed by atoms with Crippen molar-refractivity contribution in [1.82, 2.24) is 9.55 Å². The Morgan fingerprint density at radius 2 is 1.88 bits per heavy atom. The Morgan fingerprint density at radius 1 is 1.12 bits per heavy atom. The second kappa shape index (κ2) is 9.22. The lowest BCUT2D eigenvalue weighted by atomic mass is 10.0. The summed E-state index contributed by atoms with van der Waals surface area (Å²) in [5.74, 6) is -1.12. The molecular weight excluding hydrogens is 449 g/mol. The summed E-state index contributed by atoms with van der Waals surface area (Å²) in [5, 5.41) is 2.74. The van der Waals surface area contributed by atoms with Gasteiger partial charge in [-0.3, -0.25) is 19.4 Å². The number of nitrogens with one attached hydrogen (secondary N) is 1. The fourth-order valence-electron chi connectivity index (χ4n) is 3.38. The number of carbonyl (C=O) groups is 2. The van der Waals surface area contributed by atoms with E-state index in [1.807, 2.05) is 0 Å². The SMILES string of the molecule is COc1ccc2c(c1)c(=O)c(C(=O)c1ccncc1)cn2CC(=O)Nc1ccc(F)c(Cl)c1. The van der Waals surface area contributed by atoms with Crippen molar-refractivity contribution in [2.45, 2.75) is 6.54 Å². The fourth-order valence-corrected chi connectivity index (χ4v) is 3.56. The molecule has 0 aliphatic rings. The van der Waals surface area contributed by atoms with Crippen LogP contribution in [0.25, 0.3) is 10.9 Å². The molecule has 0 saturated carbocycles. The topological polar surface area (TPSA) is 90.3 Å². The first-order chi connectivity index (χ1) is 15.9. The molecule has 1 N–H and O–H groups in total. The number of methoxy groups -OCH3 is 1. The number of benzene rings is 2. The summed E-state index contributed by atoms with van der Waals surface area (Å²) in [6, 6.07) is 11.6. The number of hydrogen-bond donors (Lipinski definition) is 1. The second-order valence-corrected chi connectivity index (χ2v) is 7.53. The summed E-state index contributed by atoms with van der Waals surface area (Å²) in [5.41, 5.74) is 0.472. The number of halogens is 2. The summed E-state index contributed by atoms with van der Waals surface area (Å²) >= 11 is 5.78. The molecule has 0 saturated heterocycles. The largest absolute Gasteiger partial charge is 0.497 e. The quantitative estimate of drug-likeness (QED) is 0.433. The number of ether oxygens (including phenoxy) is 1. The highest BCUT2D eigenvalue weighted by Crippen LogP contribution is 2.22. The number of aromatic nitrogens is 2. The van der Waals surface area contributed by atoms with Gasteiger partial charge < -0.3 is 14.6 Å². The van der Waals surface area contributed by atoms with Crippen molar-refractivity contribution >= 4 is 39.9 Å². The monoisotopic (exact) mass is 465 g/mol. The van der Waals surface area contributed by atoms with Crippen molar-refractivity contribution in [3.8, 4) is 5.75 Å². The van der Waals surface area contributed by atoms with Crippen LogP contribution in [0.15, 0.2) is 71.9 Å². The Kier molecular flexibility index (Phi) is 6.19. The first-order valence-electron chi connectivity index (χ1n) is 9.78. The van der Waals surface area contributed by atoms with Gasteiger partial charge in [0.05, 0.1) is 28.6 Å². The van der Waals surface area contributed by atoms with Crippen LogP contribution in [-0.4, -0.2) is 28.4 Å². The molecular formula is C24H17ClFN3O4. The van der Waals surface area contributed by atoms with Crippen LogP contribution in [0.3, 0.4) is 0 Å². The molecule has 0 unspecified atom stereocenters. The van der Waals surface area contributed by atoms with E-state index in [0.717, 1.165) is 6.07 Å². The first kappa shape index (κ1) is 22.2. The van der Waals surface area contributed by atoms with Crippen molar-refractivity contribution in [3.05, 3.63) is 99.3 Å². The van der Waals surface area contributed by atoms with Crippen LogP contribution in [0.2, 0.25) is 5.02 Å². The summed E-state index contributed by atoms with van der Waals surface area (Å²) in [6.07, 6.45) is 4.27. The molecule has 4 rings (SSSR count). The van der Waals surface area contributed by atoms with Gasteiger partial charge in [0, 0.05) is 29.8 Å². The maximum absolute atomic E-state index is 13.4. The average molecular weight is 466 g/mol. The maximum Gasteiger partial charge on any atom is 0.244 e. The number of fused-ring (bicyclic) bond motifs is 1. The number of amides is 1. The third-order valence-corrected chi connectivity index (χ3v) is 5.28. The zero-order valence-electron chi connectivity index (χ0n) is 17.3. The van der Waals surface area contributed by atoms with Gasteiger partial charge in [-0.1, -0.05) is 11.6 Å². The van der Waals surface area contributed by atoms with E-state index >= 15 is 0 Å². The molecule has 0 spiro atoms. The molecule has 0 atom stereocenters. The zero-order chi connectivity index (χ0) is 23.5. The molecule has 0 aliphatic carbocycles. The molecule has 0 aliphatic heterocycles. The van der Waals surface area contributed by atoms with Gasteiger partial charge >= 0.3 is 0 Å². The van der Waals surface area contributed by atoms with Gasteiger partial charge in [0.25, 0.3) is 0 Å². The Balaban J connectivity index is 1.76. The number of pyridine rings is 2. The highest BCUT2D eigenvalue weighted by Gasteiger charge is 2.19. The molecule has 33 heavy (non-hydrogen) atoms. The van der Waals surface area contributed by atoms with E-state index in [4.69, 9.17) is 16.3 Å². The lowest BCUT2D eigenvalue weighted by Crippen LogP contribution is -2.24. The van der Waals surface area contributed by atoms with Crippen molar-refractivity contribution < 1.29 is 18.7 Å². The van der Waals surface area contributed by atoms with E-state index in [-0.39, 0.29) is 22.5 Å². The van der Waals surface area contributed by atoms with Crippen LogP contribution < -0.4 is 15.5 Å². The second-order valence-electron chi connectivity index (χ2n) is 7.12. The minimum atomic E-state index is -0.603. The Labute approximate surface area is 192 Å². The molecule has 0 fully saturated rings. The number of rotatable bonds is 6. The smallest absolute Gasteiger partial charge is 0.244 e. The van der Waals surface area contributed by atoms with E-state index in [9.17, 15) is 18.8 Å². The predicted octanol–water partition coefficient (Wildman–Crippen LogP) is 4.07. The van der Waals surface area contributed by atoms with E-state index in [1.165, 1.54) is 60.6 Å². The molecule has 0 radical (unpaired) electrons. The van der Waals surface area contributed by atoms with Crippen LogP contribution in [0.4, 0.5) is 10.1 Å². The molecule has 166 valence electrons. The molecule has 7 nitrogen and oxygen atoms in total. The molecule has 9 heteroatoms. The van der Waals surface area contributed by atoms with Crippen LogP contribution in [-0.2, 0) is 11.3 Å². The molecule has 4 aromatic rings. The van der Waals surface area contributed by atoms with Crippen molar-refractivity contribution in [1.29, 1.82) is 0 Å². The third kappa shape index (κ3) is 4.61. The summed E-state index contributed by atoms with van der Waals surface area (Å²) in [6.45, 7) is -0.214. The van der Waals surface area contributed by atoms with Crippen LogP contribution >= 0.6 is 11.6 Å². The Hall–Kier alpha value is -4.04. The average Bonchev–Trinajstić information content (AvgIpc) is 2.83. The third-order valence-electron chi connectivity index (χ3n) is 4.99. The highest BCUT2D eigenvalue weighted by atomic mass is 35.5. The van der Waals surface area contributed by atoms with Crippen LogP contribution in [0.1, 0.15) is 15.9 Å². The number of nitrogens with zero attached hydrogens (tertiary/aromatic N) is 2. The van der Waals surface area contributed by atoms with Crippen LogP contribution in [0, 0.1) is 5.82 Å². The van der Waals surface area contributed by atoms with Crippen molar-refractivity contribution in [2.24, 2.45) is 0 Å². The van der Waals surface area contributed by atoms with E-state index in [2.05, 4.69) is 10.3 Å². The Bertz CT molecular complexity index is 1440. The van der Waals surface area contributed by atoms with Crippen LogP contribution in [0.5, 0.6) is 5.75 Å². The lowest BCUT2D eigenvalue weighted by molar-refractivity contribution is -0.116. The van der Waals surface area contributed by atoms with Crippen molar-refractivity contribution in [2.75, 3.05) is 12.4 Å². The van der Waals surface area contributed by atoms with Crippen molar-refractivity contribution in [3.63, 3.8) is 0 Å². The zero-order valence-corrected chi connectivity index (χ0v) is 18.1. The van der Waals surface area contributed by atoms with Gasteiger partial charge in [0.1, 0.15) is 18.1 Å². The van der Waals surface area contributed by atoms with Gasteiger partial charge in [0.2, 0.25) is 11.3 Å². The first-order valence-corrected chi connectivity index (χ1v) is 10.2. The lowest BCUT2D eigenvalue weighted by Gasteiger charge is -2.14. The number of ketones is 1. The molecule has 2 aromatic heterocycles. The number of carbonyl (C=O) groups excluding carboxylic acids is 2. The normalized spacial score (nSPS) is 10.8. The molecule has 0 bridgehead atoms. The van der Waals surface area contributed by atoms with Gasteiger partial charge in [0.15, 0.2) is 5.78 Å². The maximum atomic E-state index is 13.4. The van der Waals surface area contributed by atoms with E-state index in [0.29, 0.717) is 22.5 Å². The van der Waals surface area contributed by atoms with Gasteiger partial charge in [-0.25, -0.2) is 4.39 Å². The summed E-state index contributed by atoms with van der Waals surface area (Å²) < 4.78 is 20.1. The van der Waals surface area contributed by atoms with Gasteiger partial charge in [-0.05, 0) is 48.5 Å². The minimum absolute atomic E-state index is 0.0976. The number of hydrogen-bond acceptors (Lipinski definition) is 5. The predicted molar refractivity (Wildman–Crippen MR) is 122 cm³/mol. The fraction of sp³-hybridized carbons (Fsp3) is 0.0833.